The summed E-state index contributed by atoms with van der Waals surface area (Å²) in [5.74, 6) is -0.196. The van der Waals surface area contributed by atoms with Gasteiger partial charge in [0.2, 0.25) is 0 Å². The van der Waals surface area contributed by atoms with E-state index in [-0.39, 0.29) is 5.91 Å². The molecule has 2 rings (SSSR count). The lowest BCUT2D eigenvalue weighted by atomic mass is 10.1. The molecule has 0 aliphatic rings. The minimum Gasteiger partial charge on any atom is -0.398 e. The number of hydrogen-bond donors (Lipinski definition) is 2. The van der Waals surface area contributed by atoms with Crippen LogP contribution in [0.25, 0.3) is 0 Å². The molecular formula is C16H17ClN2O. The predicted octanol–water partition coefficient (Wildman–Crippen LogP) is 4.10. The fourth-order valence-electron chi connectivity index (χ4n) is 1.93. The Morgan fingerprint density at radius 2 is 1.75 bits per heavy atom. The van der Waals surface area contributed by atoms with Crippen LogP contribution < -0.4 is 11.1 Å². The third kappa shape index (κ3) is 2.94. The fraction of sp³-hybridized carbons (Fsp3) is 0.188. The number of rotatable bonds is 2. The third-order valence-electron chi connectivity index (χ3n) is 3.30. The van der Waals surface area contributed by atoms with Gasteiger partial charge in [-0.1, -0.05) is 23.7 Å². The molecule has 2 aromatic rings. The van der Waals surface area contributed by atoms with Crippen LogP contribution in [0, 0.1) is 20.8 Å². The van der Waals surface area contributed by atoms with Gasteiger partial charge in [-0.25, -0.2) is 0 Å². The zero-order valence-corrected chi connectivity index (χ0v) is 12.5. The van der Waals surface area contributed by atoms with E-state index in [1.807, 2.05) is 32.9 Å². The lowest BCUT2D eigenvalue weighted by molar-refractivity contribution is 0.102. The largest absolute Gasteiger partial charge is 0.398 e. The van der Waals surface area contributed by atoms with Crippen molar-refractivity contribution in [2.24, 2.45) is 0 Å². The second kappa shape index (κ2) is 5.55. The Morgan fingerprint density at radius 1 is 1.05 bits per heavy atom. The molecule has 3 nitrogen and oxygen atoms in total. The monoisotopic (exact) mass is 288 g/mol. The summed E-state index contributed by atoms with van der Waals surface area (Å²) in [5.41, 5.74) is 10.7. The molecule has 0 unspecified atom stereocenters. The van der Waals surface area contributed by atoms with Gasteiger partial charge in [-0.15, -0.1) is 0 Å². The summed E-state index contributed by atoms with van der Waals surface area (Å²) >= 11 is 6.04. The van der Waals surface area contributed by atoms with Crippen molar-refractivity contribution in [3.63, 3.8) is 0 Å². The molecule has 0 aliphatic heterocycles. The van der Waals surface area contributed by atoms with Crippen molar-refractivity contribution >= 4 is 28.9 Å². The Kier molecular flexibility index (Phi) is 4.00. The van der Waals surface area contributed by atoms with Gasteiger partial charge in [0, 0.05) is 22.0 Å². The number of anilines is 2. The molecule has 2 aromatic carbocycles. The molecule has 104 valence electrons. The van der Waals surface area contributed by atoms with Crippen LogP contribution in [0.1, 0.15) is 27.0 Å². The molecule has 0 aromatic heterocycles. The van der Waals surface area contributed by atoms with Gasteiger partial charge in [0.15, 0.2) is 0 Å². The summed E-state index contributed by atoms with van der Waals surface area (Å²) in [5, 5.41) is 3.44. The fourth-order valence-corrected chi connectivity index (χ4v) is 2.11. The minimum atomic E-state index is -0.196. The highest BCUT2D eigenvalue weighted by Crippen LogP contribution is 2.23. The van der Waals surface area contributed by atoms with Crippen LogP contribution in [0.2, 0.25) is 5.02 Å². The highest BCUT2D eigenvalue weighted by Gasteiger charge is 2.10. The van der Waals surface area contributed by atoms with E-state index in [9.17, 15) is 4.79 Å². The summed E-state index contributed by atoms with van der Waals surface area (Å²) in [6.07, 6.45) is 0. The normalized spacial score (nSPS) is 10.4. The van der Waals surface area contributed by atoms with Crippen LogP contribution in [0.4, 0.5) is 11.4 Å². The van der Waals surface area contributed by atoms with E-state index in [4.69, 9.17) is 17.3 Å². The Bertz CT molecular complexity index is 680. The first-order valence-electron chi connectivity index (χ1n) is 6.32. The molecule has 0 saturated heterocycles. The maximum Gasteiger partial charge on any atom is 0.255 e. The molecule has 0 atom stereocenters. The summed E-state index contributed by atoms with van der Waals surface area (Å²) in [4.78, 5) is 12.2. The molecule has 3 N–H and O–H groups in total. The number of amides is 1. The van der Waals surface area contributed by atoms with Gasteiger partial charge >= 0.3 is 0 Å². The molecule has 0 spiro atoms. The highest BCUT2D eigenvalue weighted by atomic mass is 35.5. The Hall–Kier alpha value is -2.00. The van der Waals surface area contributed by atoms with E-state index in [0.717, 1.165) is 22.4 Å². The van der Waals surface area contributed by atoms with E-state index in [1.165, 1.54) is 0 Å². The predicted molar refractivity (Wildman–Crippen MR) is 84.5 cm³/mol. The number of aryl methyl sites for hydroxylation is 3. The number of benzene rings is 2. The molecule has 20 heavy (non-hydrogen) atoms. The second-order valence-corrected chi connectivity index (χ2v) is 5.35. The first-order chi connectivity index (χ1) is 9.38. The first-order valence-corrected chi connectivity index (χ1v) is 6.70. The maximum absolute atomic E-state index is 12.2. The topological polar surface area (TPSA) is 55.1 Å². The van der Waals surface area contributed by atoms with Gasteiger partial charge in [0.05, 0.1) is 0 Å². The lowest BCUT2D eigenvalue weighted by Crippen LogP contribution is -2.13. The molecule has 0 fully saturated rings. The Balaban J connectivity index is 2.27. The molecule has 4 heteroatoms. The van der Waals surface area contributed by atoms with Crippen molar-refractivity contribution in [3.8, 4) is 0 Å². The zero-order valence-electron chi connectivity index (χ0n) is 11.8. The highest BCUT2D eigenvalue weighted by molar-refractivity contribution is 6.31. The van der Waals surface area contributed by atoms with Gasteiger partial charge in [0.1, 0.15) is 0 Å². The van der Waals surface area contributed by atoms with Crippen LogP contribution in [0.5, 0.6) is 0 Å². The van der Waals surface area contributed by atoms with E-state index >= 15 is 0 Å². The zero-order chi connectivity index (χ0) is 14.9. The summed E-state index contributed by atoms with van der Waals surface area (Å²) in [7, 11) is 0. The Labute approximate surface area is 123 Å². The summed E-state index contributed by atoms with van der Waals surface area (Å²) in [6, 6.07) is 8.97. The quantitative estimate of drug-likeness (QED) is 0.818. The molecule has 0 saturated carbocycles. The maximum atomic E-state index is 12.2. The van der Waals surface area contributed by atoms with Crippen molar-refractivity contribution < 1.29 is 4.79 Å². The van der Waals surface area contributed by atoms with Crippen molar-refractivity contribution in [1.29, 1.82) is 0 Å². The van der Waals surface area contributed by atoms with Crippen LogP contribution in [-0.4, -0.2) is 5.91 Å². The van der Waals surface area contributed by atoms with E-state index in [2.05, 4.69) is 5.32 Å². The first kappa shape index (κ1) is 14.4. The molecule has 0 aliphatic carbocycles. The van der Waals surface area contributed by atoms with Crippen molar-refractivity contribution in [3.05, 3.63) is 57.6 Å². The van der Waals surface area contributed by atoms with Crippen LogP contribution in [-0.2, 0) is 0 Å². The van der Waals surface area contributed by atoms with Gasteiger partial charge < -0.3 is 11.1 Å². The van der Waals surface area contributed by atoms with Crippen molar-refractivity contribution in [1.82, 2.24) is 0 Å². The van der Waals surface area contributed by atoms with Gasteiger partial charge in [-0.2, -0.15) is 0 Å². The summed E-state index contributed by atoms with van der Waals surface area (Å²) < 4.78 is 0. The van der Waals surface area contributed by atoms with Gasteiger partial charge in [-0.3, -0.25) is 4.79 Å². The summed E-state index contributed by atoms with van der Waals surface area (Å²) in [6.45, 7) is 5.77. The van der Waals surface area contributed by atoms with E-state index in [1.54, 1.807) is 18.2 Å². The average Bonchev–Trinajstić information content (AvgIpc) is 2.39. The van der Waals surface area contributed by atoms with Crippen molar-refractivity contribution in [2.45, 2.75) is 20.8 Å². The lowest BCUT2D eigenvalue weighted by Gasteiger charge is -2.11. The molecule has 0 bridgehead atoms. The molecule has 0 radical (unpaired) electrons. The number of nitrogens with two attached hydrogens (primary N) is 1. The number of carbonyl (C=O) groups is 1. The molecule has 0 heterocycles. The van der Waals surface area contributed by atoms with Gasteiger partial charge in [-0.05, 0) is 55.7 Å². The van der Waals surface area contributed by atoms with Crippen LogP contribution in [0.15, 0.2) is 30.3 Å². The average molecular weight is 289 g/mol. The number of nitrogens with one attached hydrogen (secondary N) is 1. The van der Waals surface area contributed by atoms with E-state index < -0.39 is 0 Å². The van der Waals surface area contributed by atoms with Crippen LogP contribution in [0.3, 0.4) is 0 Å². The second-order valence-electron chi connectivity index (χ2n) is 4.94. The third-order valence-corrected chi connectivity index (χ3v) is 3.70. The standard InChI is InChI=1S/C16H17ClN2O/c1-9-4-5-12(7-13(9)17)16(20)19-15-8-14(18)10(2)6-11(15)3/h4-8H,18H2,1-3H3,(H,19,20). The Morgan fingerprint density at radius 3 is 2.40 bits per heavy atom. The number of nitrogen functional groups attached to an aromatic ring is 1. The molecular weight excluding hydrogens is 272 g/mol. The van der Waals surface area contributed by atoms with Crippen LogP contribution >= 0.6 is 11.6 Å². The number of carbonyl (C=O) groups excluding carboxylic acids is 1. The van der Waals surface area contributed by atoms with Crippen molar-refractivity contribution in [2.75, 3.05) is 11.1 Å². The van der Waals surface area contributed by atoms with E-state index in [0.29, 0.717) is 16.3 Å². The number of hydrogen-bond acceptors (Lipinski definition) is 2. The minimum absolute atomic E-state index is 0.196. The number of halogens is 1. The smallest absolute Gasteiger partial charge is 0.255 e. The SMILES string of the molecule is Cc1cc(C)c(NC(=O)c2ccc(C)c(Cl)c2)cc1N. The van der Waals surface area contributed by atoms with Gasteiger partial charge in [0.25, 0.3) is 5.91 Å². The molecule has 1 amide bonds.